The van der Waals surface area contributed by atoms with Crippen LogP contribution in [0.1, 0.15) is 15.9 Å². The Morgan fingerprint density at radius 3 is 2.35 bits per heavy atom. The Labute approximate surface area is 154 Å². The van der Waals surface area contributed by atoms with Crippen LogP contribution in [0.2, 0.25) is 5.02 Å². The predicted octanol–water partition coefficient (Wildman–Crippen LogP) is 2.78. The van der Waals surface area contributed by atoms with E-state index in [1.807, 2.05) is 6.92 Å². The van der Waals surface area contributed by atoms with E-state index in [9.17, 15) is 14.4 Å². The van der Waals surface area contributed by atoms with Gasteiger partial charge in [-0.05, 0) is 43.3 Å². The second kappa shape index (κ2) is 6.07. The van der Waals surface area contributed by atoms with Gasteiger partial charge in [-0.3, -0.25) is 14.4 Å². The summed E-state index contributed by atoms with van der Waals surface area (Å²) in [6.07, 6.45) is -1.10. The Kier molecular flexibility index (Phi) is 3.85. The van der Waals surface area contributed by atoms with Crippen molar-refractivity contribution in [2.45, 2.75) is 13.0 Å². The minimum absolute atomic E-state index is 0.0646. The first-order chi connectivity index (χ1) is 12.5. The number of imide groups is 1. The fourth-order valence-corrected chi connectivity index (χ4v) is 3.19. The molecule has 0 bridgehead atoms. The molecule has 0 radical (unpaired) electrons. The van der Waals surface area contributed by atoms with Gasteiger partial charge in [0.05, 0.1) is 5.69 Å². The van der Waals surface area contributed by atoms with Crippen molar-refractivity contribution in [2.75, 3.05) is 4.90 Å². The standard InChI is InChI=1S/C19H13ClN2O4/c1-10-2-8-13(9-3-10)22-18(24)14-15(21-26-17(14)19(22)25)16(23)11-4-6-12(20)7-5-11/h2-9,14,17H,1H3/t14-,17+/m1/s1. The molecule has 0 spiro atoms. The summed E-state index contributed by atoms with van der Waals surface area (Å²) in [6.45, 7) is 1.91. The molecule has 7 heteroatoms. The van der Waals surface area contributed by atoms with Gasteiger partial charge >= 0.3 is 0 Å². The molecule has 2 amide bonds. The van der Waals surface area contributed by atoms with Gasteiger partial charge in [0.25, 0.3) is 5.91 Å². The van der Waals surface area contributed by atoms with E-state index in [4.69, 9.17) is 16.4 Å². The first-order valence-corrected chi connectivity index (χ1v) is 8.33. The van der Waals surface area contributed by atoms with E-state index in [1.165, 1.54) is 0 Å². The topological polar surface area (TPSA) is 76.0 Å². The zero-order valence-electron chi connectivity index (χ0n) is 13.7. The van der Waals surface area contributed by atoms with Gasteiger partial charge in [0.1, 0.15) is 11.6 Å². The van der Waals surface area contributed by atoms with Crippen molar-refractivity contribution in [1.29, 1.82) is 0 Å². The highest BCUT2D eigenvalue weighted by atomic mass is 35.5. The van der Waals surface area contributed by atoms with Crippen LogP contribution in [0, 0.1) is 12.8 Å². The van der Waals surface area contributed by atoms with Gasteiger partial charge in [0.15, 0.2) is 0 Å². The molecule has 2 heterocycles. The summed E-state index contributed by atoms with van der Waals surface area (Å²) >= 11 is 5.83. The first kappa shape index (κ1) is 16.5. The molecule has 0 saturated carbocycles. The quantitative estimate of drug-likeness (QED) is 0.616. The third kappa shape index (κ3) is 2.50. The zero-order valence-corrected chi connectivity index (χ0v) is 14.4. The second-order valence-electron chi connectivity index (χ2n) is 6.16. The van der Waals surface area contributed by atoms with Crippen molar-refractivity contribution >= 4 is 40.6 Å². The number of carbonyl (C=O) groups is 3. The number of rotatable bonds is 3. The summed E-state index contributed by atoms with van der Waals surface area (Å²) in [7, 11) is 0. The van der Waals surface area contributed by atoms with Crippen molar-refractivity contribution in [2.24, 2.45) is 11.1 Å². The molecule has 1 fully saturated rings. The lowest BCUT2D eigenvalue weighted by Crippen LogP contribution is -2.34. The molecular weight excluding hydrogens is 356 g/mol. The lowest BCUT2D eigenvalue weighted by atomic mass is 9.93. The van der Waals surface area contributed by atoms with E-state index in [1.54, 1.807) is 48.5 Å². The fraction of sp³-hybridized carbons (Fsp3) is 0.158. The Bertz CT molecular complexity index is 951. The number of fused-ring (bicyclic) bond motifs is 1. The normalized spacial score (nSPS) is 21.5. The molecule has 130 valence electrons. The van der Waals surface area contributed by atoms with Gasteiger partial charge in [0, 0.05) is 10.6 Å². The number of halogens is 1. The molecule has 2 atom stereocenters. The lowest BCUT2D eigenvalue weighted by molar-refractivity contribution is -0.126. The van der Waals surface area contributed by atoms with Crippen LogP contribution in [0.25, 0.3) is 0 Å². The Balaban J connectivity index is 1.65. The van der Waals surface area contributed by atoms with Crippen molar-refractivity contribution in [1.82, 2.24) is 0 Å². The molecule has 26 heavy (non-hydrogen) atoms. The highest BCUT2D eigenvalue weighted by molar-refractivity contribution is 6.52. The van der Waals surface area contributed by atoms with E-state index < -0.39 is 29.6 Å². The number of carbonyl (C=O) groups excluding carboxylic acids is 3. The predicted molar refractivity (Wildman–Crippen MR) is 95.3 cm³/mol. The summed E-state index contributed by atoms with van der Waals surface area (Å²) in [4.78, 5) is 44.4. The van der Waals surface area contributed by atoms with Crippen LogP contribution in [0.4, 0.5) is 5.69 Å². The van der Waals surface area contributed by atoms with E-state index in [2.05, 4.69) is 5.16 Å². The number of benzene rings is 2. The van der Waals surface area contributed by atoms with Gasteiger partial charge in [0.2, 0.25) is 17.8 Å². The highest BCUT2D eigenvalue weighted by Gasteiger charge is 2.57. The van der Waals surface area contributed by atoms with Crippen molar-refractivity contribution in [3.63, 3.8) is 0 Å². The minimum atomic E-state index is -1.10. The maximum absolute atomic E-state index is 12.9. The average Bonchev–Trinajstić information content (AvgIpc) is 3.17. The summed E-state index contributed by atoms with van der Waals surface area (Å²) in [5, 5.41) is 4.22. The summed E-state index contributed by atoms with van der Waals surface area (Å²) in [5.74, 6) is -2.53. The summed E-state index contributed by atoms with van der Waals surface area (Å²) in [5.41, 5.74) is 1.71. The molecule has 2 aromatic rings. The largest absolute Gasteiger partial charge is 0.381 e. The highest BCUT2D eigenvalue weighted by Crippen LogP contribution is 2.34. The number of hydrogen-bond donors (Lipinski definition) is 0. The number of amides is 2. The maximum atomic E-state index is 12.9. The molecule has 4 rings (SSSR count). The fourth-order valence-electron chi connectivity index (χ4n) is 3.06. The lowest BCUT2D eigenvalue weighted by Gasteiger charge is -2.15. The number of hydrogen-bond acceptors (Lipinski definition) is 5. The molecule has 0 aromatic heterocycles. The van der Waals surface area contributed by atoms with Crippen LogP contribution < -0.4 is 4.90 Å². The Morgan fingerprint density at radius 2 is 1.69 bits per heavy atom. The molecule has 0 unspecified atom stereocenters. The van der Waals surface area contributed by atoms with Gasteiger partial charge < -0.3 is 4.84 Å². The number of Topliss-reactive ketones (excluding diaryl/α,β-unsaturated/α-hetero) is 1. The molecule has 0 aliphatic carbocycles. The molecule has 6 nitrogen and oxygen atoms in total. The summed E-state index contributed by atoms with van der Waals surface area (Å²) in [6, 6.07) is 13.2. The van der Waals surface area contributed by atoms with E-state index in [-0.39, 0.29) is 5.71 Å². The molecular formula is C19H13ClN2O4. The van der Waals surface area contributed by atoms with Gasteiger partial charge in [-0.25, -0.2) is 4.90 Å². The number of anilines is 1. The van der Waals surface area contributed by atoms with Crippen molar-refractivity contribution < 1.29 is 19.2 Å². The maximum Gasteiger partial charge on any atom is 0.278 e. The Morgan fingerprint density at radius 1 is 1.04 bits per heavy atom. The third-order valence-electron chi connectivity index (χ3n) is 4.44. The summed E-state index contributed by atoms with van der Waals surface area (Å²) < 4.78 is 0. The third-order valence-corrected chi connectivity index (χ3v) is 4.70. The van der Waals surface area contributed by atoms with E-state index in [0.29, 0.717) is 16.3 Å². The molecule has 1 saturated heterocycles. The van der Waals surface area contributed by atoms with Crippen LogP contribution in [0.5, 0.6) is 0 Å². The average molecular weight is 369 g/mol. The second-order valence-corrected chi connectivity index (χ2v) is 6.60. The smallest absolute Gasteiger partial charge is 0.278 e. The molecule has 2 aliphatic rings. The molecule has 0 N–H and O–H groups in total. The van der Waals surface area contributed by atoms with Crippen LogP contribution in [-0.2, 0) is 14.4 Å². The van der Waals surface area contributed by atoms with Crippen LogP contribution in [0.15, 0.2) is 53.7 Å². The number of nitrogens with zero attached hydrogens (tertiary/aromatic N) is 2. The van der Waals surface area contributed by atoms with Gasteiger partial charge in [-0.15, -0.1) is 0 Å². The van der Waals surface area contributed by atoms with Crippen LogP contribution >= 0.6 is 11.6 Å². The Hall–Kier alpha value is -2.99. The minimum Gasteiger partial charge on any atom is -0.381 e. The molecule has 2 aromatic carbocycles. The number of oxime groups is 1. The molecule has 2 aliphatic heterocycles. The first-order valence-electron chi connectivity index (χ1n) is 7.96. The van der Waals surface area contributed by atoms with E-state index in [0.717, 1.165) is 10.5 Å². The SMILES string of the molecule is Cc1ccc(N2C(=O)[C@@H]3C(C(=O)c4ccc(Cl)cc4)=NO[C@@H]3C2=O)cc1. The van der Waals surface area contributed by atoms with Gasteiger partial charge in [-0.1, -0.05) is 34.5 Å². The monoisotopic (exact) mass is 368 g/mol. The zero-order chi connectivity index (χ0) is 18.4. The van der Waals surface area contributed by atoms with E-state index >= 15 is 0 Å². The van der Waals surface area contributed by atoms with Crippen LogP contribution in [0.3, 0.4) is 0 Å². The number of ketones is 1. The van der Waals surface area contributed by atoms with Gasteiger partial charge in [-0.2, -0.15) is 0 Å². The van der Waals surface area contributed by atoms with Crippen molar-refractivity contribution in [3.05, 3.63) is 64.7 Å². The number of aryl methyl sites for hydroxylation is 1. The van der Waals surface area contributed by atoms with Crippen molar-refractivity contribution in [3.8, 4) is 0 Å². The van der Waals surface area contributed by atoms with Crippen LogP contribution in [-0.4, -0.2) is 29.4 Å².